The van der Waals surface area contributed by atoms with E-state index in [0.717, 1.165) is 4.31 Å². The normalized spacial score (nSPS) is 11.5. The molecule has 2 aromatic carbocycles. The molecule has 0 aromatic heterocycles. The molecule has 0 unspecified atom stereocenters. The largest absolute Gasteiger partial charge is 0.340 e. The molecule has 0 saturated heterocycles. The molecule has 0 radical (unpaired) electrons. The van der Waals surface area contributed by atoms with Crippen molar-refractivity contribution in [2.75, 3.05) is 19.4 Å². The molecule has 1 N–H and O–H groups in total. The molecule has 0 atom stereocenters. The lowest BCUT2D eigenvalue weighted by molar-refractivity contribution is -0.390. The lowest BCUT2D eigenvalue weighted by atomic mass is 10.1. The van der Waals surface area contributed by atoms with Gasteiger partial charge in [0.15, 0.2) is 0 Å². The minimum Gasteiger partial charge on any atom is -0.326 e. The molecule has 150 valence electrons. The fourth-order valence-corrected chi connectivity index (χ4v) is 3.58. The summed E-state index contributed by atoms with van der Waals surface area (Å²) in [6.45, 7) is 1.60. The fourth-order valence-electron chi connectivity index (χ4n) is 2.44. The quantitative estimate of drug-likeness (QED) is 0.578. The number of nitro benzene ring substituents is 1. The molecule has 0 heterocycles. The highest BCUT2D eigenvalue weighted by molar-refractivity contribution is 7.89. The molecule has 0 aliphatic rings. The summed E-state index contributed by atoms with van der Waals surface area (Å²) in [5.41, 5.74) is -0.738. The van der Waals surface area contributed by atoms with Crippen LogP contribution in [0.5, 0.6) is 0 Å². The number of sulfonamides is 1. The van der Waals surface area contributed by atoms with E-state index >= 15 is 0 Å². The predicted octanol–water partition coefficient (Wildman–Crippen LogP) is 2.61. The van der Waals surface area contributed by atoms with E-state index in [9.17, 15) is 32.1 Å². The van der Waals surface area contributed by atoms with Gasteiger partial charge in [-0.3, -0.25) is 14.9 Å². The van der Waals surface area contributed by atoms with Gasteiger partial charge in [0, 0.05) is 19.8 Å². The molecule has 0 aliphatic carbocycles. The SMILES string of the molecule is Cc1ccc(NC(=O)Cc2cc(F)c([N+](=O)[O-])c(F)c2)cc1S(=O)(=O)N(C)C. The average molecular weight is 413 g/mol. The molecule has 0 spiro atoms. The number of nitrogens with one attached hydrogen (secondary N) is 1. The van der Waals surface area contributed by atoms with Crippen LogP contribution in [0.4, 0.5) is 20.2 Å². The summed E-state index contributed by atoms with van der Waals surface area (Å²) in [5.74, 6) is -3.45. The summed E-state index contributed by atoms with van der Waals surface area (Å²) >= 11 is 0. The number of nitrogens with zero attached hydrogens (tertiary/aromatic N) is 2. The van der Waals surface area contributed by atoms with Crippen molar-refractivity contribution in [3.8, 4) is 0 Å². The zero-order chi connectivity index (χ0) is 21.2. The number of rotatable bonds is 6. The lowest BCUT2D eigenvalue weighted by Gasteiger charge is -2.15. The Bertz CT molecular complexity index is 1030. The van der Waals surface area contributed by atoms with Crippen LogP contribution in [0, 0.1) is 28.7 Å². The second-order valence-electron chi connectivity index (χ2n) is 6.16. The number of hydrogen-bond donors (Lipinski definition) is 1. The molecular weight excluding hydrogens is 396 g/mol. The Kier molecular flexibility index (Phi) is 6.10. The fraction of sp³-hybridized carbons (Fsp3) is 0.235. The van der Waals surface area contributed by atoms with Gasteiger partial charge < -0.3 is 5.32 Å². The Morgan fingerprint density at radius 2 is 1.75 bits per heavy atom. The van der Waals surface area contributed by atoms with E-state index in [4.69, 9.17) is 0 Å². The Morgan fingerprint density at radius 3 is 2.25 bits per heavy atom. The van der Waals surface area contributed by atoms with Crippen LogP contribution in [0.3, 0.4) is 0 Å². The summed E-state index contributed by atoms with van der Waals surface area (Å²) in [6.07, 6.45) is -0.463. The summed E-state index contributed by atoms with van der Waals surface area (Å²) in [5, 5.41) is 13.0. The van der Waals surface area contributed by atoms with Gasteiger partial charge >= 0.3 is 5.69 Å². The highest BCUT2D eigenvalue weighted by atomic mass is 32.2. The minimum atomic E-state index is -3.73. The predicted molar refractivity (Wildman–Crippen MR) is 97.4 cm³/mol. The summed E-state index contributed by atoms with van der Waals surface area (Å²) < 4.78 is 53.0. The molecule has 28 heavy (non-hydrogen) atoms. The van der Waals surface area contributed by atoms with E-state index in [1.807, 2.05) is 0 Å². The van der Waals surface area contributed by atoms with Crippen molar-refractivity contribution < 1.29 is 26.9 Å². The average Bonchev–Trinajstić information content (AvgIpc) is 2.55. The smallest absolute Gasteiger partial charge is 0.326 e. The second-order valence-corrected chi connectivity index (χ2v) is 8.28. The molecular formula is C17H17F2N3O5S. The summed E-state index contributed by atoms with van der Waals surface area (Å²) in [6, 6.07) is 5.69. The Hall–Kier alpha value is -2.92. The van der Waals surface area contributed by atoms with Gasteiger partial charge in [0.05, 0.1) is 16.2 Å². The summed E-state index contributed by atoms with van der Waals surface area (Å²) in [4.78, 5) is 21.6. The maximum Gasteiger partial charge on any atom is 0.340 e. The lowest BCUT2D eigenvalue weighted by Crippen LogP contribution is -2.23. The van der Waals surface area contributed by atoms with E-state index in [1.165, 1.54) is 32.3 Å². The van der Waals surface area contributed by atoms with Crippen LogP contribution in [0.15, 0.2) is 35.2 Å². The number of aryl methyl sites for hydroxylation is 1. The molecule has 8 nitrogen and oxygen atoms in total. The molecule has 1 amide bonds. The van der Waals surface area contributed by atoms with Crippen molar-refractivity contribution in [1.82, 2.24) is 4.31 Å². The van der Waals surface area contributed by atoms with Gasteiger partial charge in [-0.15, -0.1) is 0 Å². The maximum absolute atomic E-state index is 13.7. The first-order valence-corrected chi connectivity index (χ1v) is 9.33. The number of nitro groups is 1. The minimum absolute atomic E-state index is 0.00252. The molecule has 0 saturated carbocycles. The van der Waals surface area contributed by atoms with Crippen LogP contribution < -0.4 is 5.32 Å². The second kappa shape index (κ2) is 7.98. The van der Waals surface area contributed by atoms with Crippen LogP contribution in [-0.2, 0) is 21.2 Å². The number of amides is 1. The third kappa shape index (κ3) is 4.49. The summed E-state index contributed by atoms with van der Waals surface area (Å²) in [7, 11) is -0.984. The third-order valence-electron chi connectivity index (χ3n) is 3.85. The van der Waals surface area contributed by atoms with Gasteiger partial charge in [-0.05, 0) is 42.3 Å². The van der Waals surface area contributed by atoms with Crippen molar-refractivity contribution in [2.45, 2.75) is 18.2 Å². The topological polar surface area (TPSA) is 110 Å². The van der Waals surface area contributed by atoms with E-state index in [0.29, 0.717) is 17.7 Å². The van der Waals surface area contributed by atoms with E-state index < -0.39 is 44.6 Å². The Labute approximate surface area is 160 Å². The highest BCUT2D eigenvalue weighted by Crippen LogP contribution is 2.24. The van der Waals surface area contributed by atoms with E-state index in [1.54, 1.807) is 6.92 Å². The van der Waals surface area contributed by atoms with Gasteiger partial charge in [-0.1, -0.05) is 6.07 Å². The molecule has 0 aliphatic heterocycles. The van der Waals surface area contributed by atoms with Crippen LogP contribution >= 0.6 is 0 Å². The molecule has 0 fully saturated rings. The zero-order valence-electron chi connectivity index (χ0n) is 15.2. The molecule has 0 bridgehead atoms. The highest BCUT2D eigenvalue weighted by Gasteiger charge is 2.23. The molecule has 2 rings (SSSR count). The van der Waals surface area contributed by atoms with Gasteiger partial charge in [0.25, 0.3) is 0 Å². The van der Waals surface area contributed by atoms with Crippen LogP contribution in [0.2, 0.25) is 0 Å². The number of anilines is 1. The van der Waals surface area contributed by atoms with Gasteiger partial charge in [-0.2, -0.15) is 8.78 Å². The van der Waals surface area contributed by atoms with Crippen LogP contribution in [0.25, 0.3) is 0 Å². The van der Waals surface area contributed by atoms with Crippen molar-refractivity contribution in [2.24, 2.45) is 0 Å². The standard InChI is InChI=1S/C17H17F2N3O5S/c1-10-4-5-12(9-15(10)28(26,27)21(2)3)20-16(23)8-11-6-13(18)17(22(24)25)14(19)7-11/h4-7,9H,8H2,1-3H3,(H,20,23). The van der Waals surface area contributed by atoms with Crippen molar-refractivity contribution in [3.05, 3.63) is 63.2 Å². The van der Waals surface area contributed by atoms with Crippen molar-refractivity contribution in [3.63, 3.8) is 0 Å². The van der Waals surface area contributed by atoms with Crippen molar-refractivity contribution >= 4 is 27.3 Å². The number of hydrogen-bond acceptors (Lipinski definition) is 5. The molecule has 11 heteroatoms. The van der Waals surface area contributed by atoms with Crippen molar-refractivity contribution in [1.29, 1.82) is 0 Å². The molecule has 2 aromatic rings. The zero-order valence-corrected chi connectivity index (χ0v) is 16.0. The van der Waals surface area contributed by atoms with Crippen LogP contribution in [-0.4, -0.2) is 37.6 Å². The first-order valence-electron chi connectivity index (χ1n) is 7.89. The van der Waals surface area contributed by atoms with Gasteiger partial charge in [0.1, 0.15) is 0 Å². The first-order chi connectivity index (χ1) is 12.9. The van der Waals surface area contributed by atoms with Crippen LogP contribution in [0.1, 0.15) is 11.1 Å². The maximum atomic E-state index is 13.7. The number of halogens is 2. The third-order valence-corrected chi connectivity index (χ3v) is 5.81. The monoisotopic (exact) mass is 413 g/mol. The van der Waals surface area contributed by atoms with E-state index in [2.05, 4.69) is 5.32 Å². The number of carbonyl (C=O) groups is 1. The van der Waals surface area contributed by atoms with E-state index in [-0.39, 0.29) is 16.1 Å². The first kappa shape index (κ1) is 21.4. The Balaban J connectivity index is 2.24. The van der Waals surface area contributed by atoms with Gasteiger partial charge in [-0.25, -0.2) is 12.7 Å². The van der Waals surface area contributed by atoms with Gasteiger partial charge in [0.2, 0.25) is 27.6 Å². The number of benzene rings is 2. The Morgan fingerprint density at radius 1 is 1.18 bits per heavy atom. The number of carbonyl (C=O) groups excluding carboxylic acids is 1.